The monoisotopic (exact) mass is 329 g/mol. The lowest BCUT2D eigenvalue weighted by molar-refractivity contribution is 0.572. The molecule has 2 aromatic carbocycles. The van der Waals surface area contributed by atoms with Crippen LogP contribution >= 0.6 is 15.9 Å². The smallest absolute Gasteiger partial charge is 0.181 e. The lowest BCUT2D eigenvalue weighted by atomic mass is 10.1. The lowest BCUT2D eigenvalue weighted by Gasteiger charge is -2.10. The molecule has 0 atom stereocenters. The van der Waals surface area contributed by atoms with Gasteiger partial charge in [-0.25, -0.2) is 4.98 Å². The number of hydrogen-bond acceptors (Lipinski definition) is 4. The number of oxazole rings is 1. The second-order valence-electron chi connectivity index (χ2n) is 4.30. The van der Waals surface area contributed by atoms with Crippen molar-refractivity contribution in [3.05, 3.63) is 59.5 Å². The number of nitrogens with one attached hydrogen (secondary N) is 1. The SMILES string of the molecule is Nc1ccc(Br)cc1Nc1cccc(-c2cnco2)c1. The fourth-order valence-corrected chi connectivity index (χ4v) is 2.26. The molecule has 0 spiro atoms. The van der Waals surface area contributed by atoms with Gasteiger partial charge < -0.3 is 15.5 Å². The summed E-state index contributed by atoms with van der Waals surface area (Å²) in [5, 5.41) is 3.30. The van der Waals surface area contributed by atoms with E-state index in [1.165, 1.54) is 6.39 Å². The molecule has 0 amide bonds. The molecule has 0 aliphatic heterocycles. The number of hydrogen-bond donors (Lipinski definition) is 2. The van der Waals surface area contributed by atoms with Crippen LogP contribution in [0.4, 0.5) is 17.1 Å². The molecule has 0 aliphatic rings. The zero-order chi connectivity index (χ0) is 13.9. The van der Waals surface area contributed by atoms with Crippen molar-refractivity contribution in [1.82, 2.24) is 4.98 Å². The minimum Gasteiger partial charge on any atom is -0.444 e. The molecule has 0 unspecified atom stereocenters. The van der Waals surface area contributed by atoms with Gasteiger partial charge in [0.1, 0.15) is 0 Å². The van der Waals surface area contributed by atoms with Gasteiger partial charge in [0.05, 0.1) is 17.6 Å². The summed E-state index contributed by atoms with van der Waals surface area (Å²) in [5.41, 5.74) is 9.40. The van der Waals surface area contributed by atoms with Crippen LogP contribution in [0.15, 0.2) is 63.9 Å². The minimum absolute atomic E-state index is 0.693. The molecule has 1 heterocycles. The summed E-state index contributed by atoms with van der Waals surface area (Å²) in [6.45, 7) is 0. The van der Waals surface area contributed by atoms with Crippen molar-refractivity contribution < 1.29 is 4.42 Å². The van der Waals surface area contributed by atoms with E-state index in [0.717, 1.165) is 27.2 Å². The Kier molecular flexibility index (Phi) is 3.43. The highest BCUT2D eigenvalue weighted by Crippen LogP contribution is 2.29. The summed E-state index contributed by atoms with van der Waals surface area (Å²) in [4.78, 5) is 3.92. The van der Waals surface area contributed by atoms with E-state index >= 15 is 0 Å². The molecule has 0 radical (unpaired) electrons. The van der Waals surface area contributed by atoms with Gasteiger partial charge in [-0.15, -0.1) is 0 Å². The van der Waals surface area contributed by atoms with Crippen LogP contribution < -0.4 is 11.1 Å². The third-order valence-corrected chi connectivity index (χ3v) is 3.37. The second kappa shape index (κ2) is 5.38. The Morgan fingerprint density at radius 3 is 2.85 bits per heavy atom. The molecule has 0 fully saturated rings. The van der Waals surface area contributed by atoms with Gasteiger partial charge in [0, 0.05) is 15.7 Å². The van der Waals surface area contributed by atoms with E-state index in [2.05, 4.69) is 26.2 Å². The highest BCUT2D eigenvalue weighted by atomic mass is 79.9. The van der Waals surface area contributed by atoms with Crippen LogP contribution in [0, 0.1) is 0 Å². The highest BCUT2D eigenvalue weighted by Gasteiger charge is 2.04. The molecule has 0 aliphatic carbocycles. The maximum absolute atomic E-state index is 5.96. The quantitative estimate of drug-likeness (QED) is 0.697. The summed E-state index contributed by atoms with van der Waals surface area (Å²) in [7, 11) is 0. The maximum Gasteiger partial charge on any atom is 0.181 e. The van der Waals surface area contributed by atoms with Gasteiger partial charge in [0.2, 0.25) is 0 Å². The Hall–Kier alpha value is -2.27. The number of nitrogens with zero attached hydrogens (tertiary/aromatic N) is 1. The van der Waals surface area contributed by atoms with Gasteiger partial charge in [-0.3, -0.25) is 0 Å². The van der Waals surface area contributed by atoms with E-state index in [-0.39, 0.29) is 0 Å². The van der Waals surface area contributed by atoms with Crippen LogP contribution in [0.3, 0.4) is 0 Å². The Morgan fingerprint density at radius 1 is 1.15 bits per heavy atom. The van der Waals surface area contributed by atoms with E-state index in [1.54, 1.807) is 6.20 Å². The van der Waals surface area contributed by atoms with Crippen LogP contribution in [-0.4, -0.2) is 4.98 Å². The van der Waals surface area contributed by atoms with E-state index < -0.39 is 0 Å². The summed E-state index contributed by atoms with van der Waals surface area (Å²) in [5.74, 6) is 0.732. The number of halogens is 1. The Balaban J connectivity index is 1.91. The van der Waals surface area contributed by atoms with E-state index in [0.29, 0.717) is 5.69 Å². The van der Waals surface area contributed by atoms with E-state index in [1.807, 2.05) is 42.5 Å². The van der Waals surface area contributed by atoms with Crippen molar-refractivity contribution in [2.75, 3.05) is 11.1 Å². The molecule has 100 valence electrons. The van der Waals surface area contributed by atoms with E-state index in [4.69, 9.17) is 10.2 Å². The number of aromatic nitrogens is 1. The molecule has 3 aromatic rings. The summed E-state index contributed by atoms with van der Waals surface area (Å²) < 4.78 is 6.27. The first kappa shape index (κ1) is 12.7. The topological polar surface area (TPSA) is 64.1 Å². The van der Waals surface area contributed by atoms with Crippen LogP contribution in [-0.2, 0) is 0 Å². The fourth-order valence-electron chi connectivity index (χ4n) is 1.90. The van der Waals surface area contributed by atoms with Gasteiger partial charge in [-0.2, -0.15) is 0 Å². The molecule has 0 bridgehead atoms. The fraction of sp³-hybridized carbons (Fsp3) is 0. The highest BCUT2D eigenvalue weighted by molar-refractivity contribution is 9.10. The largest absolute Gasteiger partial charge is 0.444 e. The first-order valence-corrected chi connectivity index (χ1v) is 6.82. The molecular weight excluding hydrogens is 318 g/mol. The average Bonchev–Trinajstić information content (AvgIpc) is 2.97. The standard InChI is InChI=1S/C15H12BrN3O/c16-11-4-5-13(17)14(7-11)19-12-3-1-2-10(6-12)15-8-18-9-20-15/h1-9,19H,17H2. The molecule has 3 rings (SSSR count). The van der Waals surface area contributed by atoms with Crippen LogP contribution in [0.5, 0.6) is 0 Å². The number of nitrogen functional groups attached to an aromatic ring is 1. The van der Waals surface area contributed by atoms with Crippen LogP contribution in [0.1, 0.15) is 0 Å². The molecule has 20 heavy (non-hydrogen) atoms. The lowest BCUT2D eigenvalue weighted by Crippen LogP contribution is -1.96. The first-order chi connectivity index (χ1) is 9.72. The zero-order valence-electron chi connectivity index (χ0n) is 10.5. The zero-order valence-corrected chi connectivity index (χ0v) is 12.1. The van der Waals surface area contributed by atoms with Crippen molar-refractivity contribution in [3.63, 3.8) is 0 Å². The third kappa shape index (κ3) is 2.67. The molecule has 5 heteroatoms. The van der Waals surface area contributed by atoms with Gasteiger partial charge in [-0.05, 0) is 30.3 Å². The summed E-state index contributed by atoms with van der Waals surface area (Å²) in [6, 6.07) is 13.6. The van der Waals surface area contributed by atoms with Gasteiger partial charge >= 0.3 is 0 Å². The predicted octanol–water partition coefficient (Wildman–Crippen LogP) is 4.43. The Morgan fingerprint density at radius 2 is 2.05 bits per heavy atom. The molecule has 0 saturated carbocycles. The molecule has 1 aromatic heterocycles. The van der Waals surface area contributed by atoms with Crippen molar-refractivity contribution in [2.45, 2.75) is 0 Å². The number of benzene rings is 2. The second-order valence-corrected chi connectivity index (χ2v) is 5.22. The van der Waals surface area contributed by atoms with E-state index in [9.17, 15) is 0 Å². The number of rotatable bonds is 3. The van der Waals surface area contributed by atoms with Gasteiger partial charge in [0.25, 0.3) is 0 Å². The predicted molar refractivity (Wildman–Crippen MR) is 83.8 cm³/mol. The van der Waals surface area contributed by atoms with Crippen molar-refractivity contribution >= 4 is 33.0 Å². The van der Waals surface area contributed by atoms with Crippen LogP contribution in [0.2, 0.25) is 0 Å². The Labute approximate surface area is 124 Å². The molecular formula is C15H12BrN3O. The van der Waals surface area contributed by atoms with Gasteiger partial charge in [-0.1, -0.05) is 28.1 Å². The summed E-state index contributed by atoms with van der Waals surface area (Å²) in [6.07, 6.45) is 3.11. The average molecular weight is 330 g/mol. The number of nitrogens with two attached hydrogens (primary N) is 1. The normalized spacial score (nSPS) is 10.4. The third-order valence-electron chi connectivity index (χ3n) is 2.87. The Bertz CT molecular complexity index is 726. The van der Waals surface area contributed by atoms with Crippen molar-refractivity contribution in [3.8, 4) is 11.3 Å². The van der Waals surface area contributed by atoms with Crippen molar-refractivity contribution in [2.24, 2.45) is 0 Å². The summed E-state index contributed by atoms with van der Waals surface area (Å²) >= 11 is 3.44. The first-order valence-electron chi connectivity index (χ1n) is 6.03. The van der Waals surface area contributed by atoms with Gasteiger partial charge in [0.15, 0.2) is 12.2 Å². The maximum atomic E-state index is 5.96. The number of anilines is 3. The van der Waals surface area contributed by atoms with Crippen molar-refractivity contribution in [1.29, 1.82) is 0 Å². The minimum atomic E-state index is 0.693. The molecule has 3 N–H and O–H groups in total. The molecule has 0 saturated heterocycles. The van der Waals surface area contributed by atoms with Crippen LogP contribution in [0.25, 0.3) is 11.3 Å². The molecule has 4 nitrogen and oxygen atoms in total.